The van der Waals surface area contributed by atoms with Crippen LogP contribution in [0.2, 0.25) is 0 Å². The average molecular weight is 276 g/mol. The van der Waals surface area contributed by atoms with Crippen LogP contribution in [-0.2, 0) is 4.43 Å². The monoisotopic (exact) mass is 275 g/mol. The van der Waals surface area contributed by atoms with E-state index in [-0.39, 0.29) is 0 Å². The van der Waals surface area contributed by atoms with E-state index in [0.29, 0.717) is 11.8 Å². The quantitative estimate of drug-likeness (QED) is 0.504. The molecular weight excluding hydrogens is 242 g/mol. The molecule has 0 bridgehead atoms. The van der Waals surface area contributed by atoms with Crippen LogP contribution >= 0.6 is 0 Å². The largest absolute Gasteiger partial charge is 0.440 e. The Labute approximate surface area is 115 Å². The van der Waals surface area contributed by atoms with E-state index in [1.807, 2.05) is 0 Å². The van der Waals surface area contributed by atoms with Gasteiger partial charge in [-0.2, -0.15) is 0 Å². The molecule has 0 spiro atoms. The molecule has 0 atom stereocenters. The molecule has 0 amide bonds. The van der Waals surface area contributed by atoms with Crippen molar-refractivity contribution in [3.05, 3.63) is 0 Å². The van der Waals surface area contributed by atoms with Gasteiger partial charge >= 0.3 is 8.80 Å². The van der Waals surface area contributed by atoms with Gasteiger partial charge in [0, 0.05) is 6.61 Å². The van der Waals surface area contributed by atoms with Crippen LogP contribution in [0.25, 0.3) is 0 Å². The zero-order valence-electron chi connectivity index (χ0n) is 13.1. The Morgan fingerprint density at radius 3 is 1.72 bits per heavy atom. The lowest BCUT2D eigenvalue weighted by atomic mass is 10.2. The van der Waals surface area contributed by atoms with Crippen molar-refractivity contribution >= 4 is 8.80 Å². The SMILES string of the molecule is CCCO[Si](NCC)(NCC(C)C)NCC(C)C. The first-order valence-corrected chi connectivity index (χ1v) is 9.25. The first-order chi connectivity index (χ1) is 8.45. The normalized spacial score (nSPS) is 12.7. The van der Waals surface area contributed by atoms with Crippen molar-refractivity contribution in [1.29, 1.82) is 0 Å². The van der Waals surface area contributed by atoms with Gasteiger partial charge in [-0.05, 0) is 37.9 Å². The number of hydrogen-bond acceptors (Lipinski definition) is 4. The van der Waals surface area contributed by atoms with E-state index < -0.39 is 8.80 Å². The maximum absolute atomic E-state index is 6.13. The van der Waals surface area contributed by atoms with Gasteiger partial charge < -0.3 is 4.43 Å². The number of hydrogen-bond donors (Lipinski definition) is 3. The molecule has 4 nitrogen and oxygen atoms in total. The lowest BCUT2D eigenvalue weighted by molar-refractivity contribution is 0.264. The van der Waals surface area contributed by atoms with Crippen LogP contribution in [0.15, 0.2) is 0 Å². The van der Waals surface area contributed by atoms with Gasteiger partial charge in [0.25, 0.3) is 0 Å². The topological polar surface area (TPSA) is 45.3 Å². The summed E-state index contributed by atoms with van der Waals surface area (Å²) >= 11 is 0. The first kappa shape index (κ1) is 18.1. The van der Waals surface area contributed by atoms with Crippen LogP contribution in [0, 0.1) is 11.8 Å². The predicted molar refractivity (Wildman–Crippen MR) is 81.4 cm³/mol. The van der Waals surface area contributed by atoms with Gasteiger partial charge in [-0.3, -0.25) is 14.9 Å². The lowest BCUT2D eigenvalue weighted by Gasteiger charge is -2.33. The summed E-state index contributed by atoms with van der Waals surface area (Å²) in [4.78, 5) is 10.8. The number of rotatable bonds is 11. The summed E-state index contributed by atoms with van der Waals surface area (Å²) in [5.41, 5.74) is 0. The second-order valence-electron chi connectivity index (χ2n) is 5.61. The predicted octanol–water partition coefficient (Wildman–Crippen LogP) is 1.95. The molecule has 0 aromatic rings. The fourth-order valence-corrected chi connectivity index (χ4v) is 4.62. The highest BCUT2D eigenvalue weighted by molar-refractivity contribution is 6.66. The summed E-state index contributed by atoms with van der Waals surface area (Å²) in [6.07, 6.45) is 1.05. The maximum Gasteiger partial charge on any atom is 0.440 e. The lowest BCUT2D eigenvalue weighted by Crippen LogP contribution is -2.75. The van der Waals surface area contributed by atoms with E-state index in [0.717, 1.165) is 32.7 Å². The summed E-state index contributed by atoms with van der Waals surface area (Å²) in [7, 11) is -2.19. The third-order valence-electron chi connectivity index (χ3n) is 2.47. The van der Waals surface area contributed by atoms with E-state index in [1.165, 1.54) is 0 Å². The van der Waals surface area contributed by atoms with Crippen LogP contribution in [0.5, 0.6) is 0 Å². The zero-order chi connectivity index (χ0) is 14.0. The average Bonchev–Trinajstić information content (AvgIpc) is 2.31. The molecule has 0 radical (unpaired) electrons. The van der Waals surface area contributed by atoms with E-state index in [4.69, 9.17) is 4.43 Å². The number of nitrogens with one attached hydrogen (secondary N) is 3. The summed E-state index contributed by atoms with van der Waals surface area (Å²) in [5.74, 6) is 1.25. The van der Waals surface area contributed by atoms with Gasteiger partial charge in [-0.1, -0.05) is 41.5 Å². The van der Waals surface area contributed by atoms with Crippen molar-refractivity contribution in [1.82, 2.24) is 14.9 Å². The van der Waals surface area contributed by atoms with Gasteiger partial charge in [-0.15, -0.1) is 0 Å². The second-order valence-corrected chi connectivity index (χ2v) is 8.32. The molecule has 0 fully saturated rings. The fourth-order valence-electron chi connectivity index (χ4n) is 1.54. The molecule has 0 saturated carbocycles. The minimum absolute atomic E-state index is 0.626. The van der Waals surface area contributed by atoms with Gasteiger partial charge in [0.1, 0.15) is 0 Å². The van der Waals surface area contributed by atoms with Gasteiger partial charge in [0.05, 0.1) is 0 Å². The Balaban J connectivity index is 4.54. The van der Waals surface area contributed by atoms with Crippen molar-refractivity contribution in [3.8, 4) is 0 Å². The summed E-state index contributed by atoms with van der Waals surface area (Å²) in [5, 5.41) is 0. The molecule has 0 aliphatic carbocycles. The Bertz CT molecular complexity index is 189. The summed E-state index contributed by atoms with van der Waals surface area (Å²) in [6.45, 7) is 16.9. The second kappa shape index (κ2) is 9.92. The molecular formula is C13H33N3OSi. The van der Waals surface area contributed by atoms with E-state index in [2.05, 4.69) is 56.5 Å². The van der Waals surface area contributed by atoms with Gasteiger partial charge in [0.15, 0.2) is 0 Å². The van der Waals surface area contributed by atoms with Crippen molar-refractivity contribution < 1.29 is 4.43 Å². The van der Waals surface area contributed by atoms with Crippen molar-refractivity contribution in [3.63, 3.8) is 0 Å². The van der Waals surface area contributed by atoms with Gasteiger partial charge in [0.2, 0.25) is 0 Å². The zero-order valence-corrected chi connectivity index (χ0v) is 14.1. The van der Waals surface area contributed by atoms with Crippen LogP contribution in [0.4, 0.5) is 0 Å². The van der Waals surface area contributed by atoms with Crippen LogP contribution in [-0.4, -0.2) is 35.0 Å². The highest BCUT2D eigenvalue weighted by atomic mass is 28.4. The van der Waals surface area contributed by atoms with Crippen LogP contribution in [0.1, 0.15) is 48.0 Å². The molecule has 0 rings (SSSR count). The Kier molecular flexibility index (Phi) is 9.95. The molecule has 0 aromatic carbocycles. The molecule has 3 N–H and O–H groups in total. The highest BCUT2D eigenvalue weighted by Crippen LogP contribution is 1.99. The van der Waals surface area contributed by atoms with Crippen LogP contribution in [0.3, 0.4) is 0 Å². The smallest absolute Gasteiger partial charge is 0.380 e. The van der Waals surface area contributed by atoms with E-state index in [9.17, 15) is 0 Å². The first-order valence-electron chi connectivity index (χ1n) is 7.34. The minimum atomic E-state index is -2.19. The molecule has 0 aliphatic rings. The molecule has 0 aromatic heterocycles. The molecule has 0 aliphatic heterocycles. The third-order valence-corrected chi connectivity index (χ3v) is 5.36. The molecule has 0 heterocycles. The van der Waals surface area contributed by atoms with Gasteiger partial charge in [-0.25, -0.2) is 0 Å². The van der Waals surface area contributed by atoms with E-state index >= 15 is 0 Å². The van der Waals surface area contributed by atoms with Crippen molar-refractivity contribution in [2.75, 3.05) is 26.2 Å². The Hall–Kier alpha value is 0.0569. The minimum Gasteiger partial charge on any atom is -0.380 e. The molecule has 18 heavy (non-hydrogen) atoms. The van der Waals surface area contributed by atoms with Crippen LogP contribution < -0.4 is 14.9 Å². The standard InChI is InChI=1S/C13H33N3OSi/c1-7-9-17-18(14-8-2,15-10-12(3)4)16-11-13(5)6/h12-16H,7-11H2,1-6H3. The van der Waals surface area contributed by atoms with E-state index in [1.54, 1.807) is 0 Å². The molecule has 5 heteroatoms. The molecule has 0 saturated heterocycles. The van der Waals surface area contributed by atoms with Crippen molar-refractivity contribution in [2.45, 2.75) is 48.0 Å². The Morgan fingerprint density at radius 1 is 0.889 bits per heavy atom. The fraction of sp³-hybridized carbons (Fsp3) is 1.00. The Morgan fingerprint density at radius 2 is 1.39 bits per heavy atom. The summed E-state index contributed by atoms with van der Waals surface area (Å²) < 4.78 is 6.13. The third kappa shape index (κ3) is 8.21. The molecule has 0 unspecified atom stereocenters. The summed E-state index contributed by atoms with van der Waals surface area (Å²) in [6, 6.07) is 0. The maximum atomic E-state index is 6.13. The van der Waals surface area contributed by atoms with Crippen molar-refractivity contribution in [2.24, 2.45) is 11.8 Å². The highest BCUT2D eigenvalue weighted by Gasteiger charge is 2.35. The molecule has 110 valence electrons.